The number of aryl methyl sites for hydroxylation is 1. The van der Waals surface area contributed by atoms with Gasteiger partial charge in [-0.25, -0.2) is 0 Å². The predicted octanol–water partition coefficient (Wildman–Crippen LogP) is 2.54. The molecule has 0 unspecified atom stereocenters. The lowest BCUT2D eigenvalue weighted by Crippen LogP contribution is -2.04. The van der Waals surface area contributed by atoms with Gasteiger partial charge in [-0.1, -0.05) is 0 Å². The van der Waals surface area contributed by atoms with Crippen LogP contribution in [0.5, 0.6) is 0 Å². The molecule has 0 amide bonds. The molecule has 0 aromatic carbocycles. The Hall–Kier alpha value is -1.24. The van der Waals surface area contributed by atoms with Gasteiger partial charge < -0.3 is 19.0 Å². The summed E-state index contributed by atoms with van der Waals surface area (Å²) in [5, 5.41) is 0. The number of nitrogens with one attached hydrogen (secondary N) is 1. The summed E-state index contributed by atoms with van der Waals surface area (Å²) < 4.78 is 13.2. The zero-order valence-electron chi connectivity index (χ0n) is 11.1. The van der Waals surface area contributed by atoms with E-state index in [9.17, 15) is 0 Å². The average molecular weight is 281 g/mol. The molecule has 1 N–H and O–H groups in total. The van der Waals surface area contributed by atoms with E-state index in [1.54, 1.807) is 19.5 Å². The monoisotopic (exact) mass is 281 g/mol. The summed E-state index contributed by atoms with van der Waals surface area (Å²) in [4.78, 5) is 7.25. The molecule has 5 nitrogen and oxygen atoms in total. The van der Waals surface area contributed by atoms with Gasteiger partial charge in [-0.2, -0.15) is 0 Å². The quantitative estimate of drug-likeness (QED) is 0.597. The van der Waals surface area contributed by atoms with Gasteiger partial charge >= 0.3 is 0 Å². The second-order valence-electron chi connectivity index (χ2n) is 4.29. The van der Waals surface area contributed by atoms with E-state index in [-0.39, 0.29) is 0 Å². The Bertz CT molecular complexity index is 564. The summed E-state index contributed by atoms with van der Waals surface area (Å²) in [6.45, 7) is 2.98. The molecule has 0 atom stereocenters. The lowest BCUT2D eigenvalue weighted by Gasteiger charge is -2.05. The van der Waals surface area contributed by atoms with Crippen LogP contribution in [0.3, 0.4) is 0 Å². The Labute approximate surface area is 117 Å². The van der Waals surface area contributed by atoms with E-state index in [4.69, 9.17) is 21.7 Å². The Morgan fingerprint density at radius 3 is 3.05 bits per heavy atom. The van der Waals surface area contributed by atoms with E-state index in [0.717, 1.165) is 41.8 Å². The second-order valence-corrected chi connectivity index (χ2v) is 4.67. The number of hydrogen-bond acceptors (Lipinski definition) is 4. The molecule has 0 aliphatic heterocycles. The number of hydrogen-bond donors (Lipinski definition) is 1. The molecule has 0 aliphatic carbocycles. The first-order valence-electron chi connectivity index (χ1n) is 6.42. The highest BCUT2D eigenvalue weighted by molar-refractivity contribution is 7.71. The number of fused-ring (bicyclic) bond motifs is 1. The number of methoxy groups -OCH3 is 1. The van der Waals surface area contributed by atoms with E-state index >= 15 is 0 Å². The van der Waals surface area contributed by atoms with Crippen molar-refractivity contribution in [1.29, 1.82) is 0 Å². The fraction of sp³-hybridized carbons (Fsp3) is 0.538. The first-order valence-corrected chi connectivity index (χ1v) is 6.83. The smallest absolute Gasteiger partial charge is 0.178 e. The molecule has 2 rings (SSSR count). The fourth-order valence-electron chi connectivity index (χ4n) is 1.95. The maximum atomic E-state index is 5.43. The minimum Gasteiger partial charge on any atom is -0.382 e. The van der Waals surface area contributed by atoms with Crippen LogP contribution in [0.1, 0.15) is 12.8 Å². The number of aromatic nitrogens is 3. The SMILES string of the molecule is COCCOCCCCn1c(=S)[nH]c2cnccc21. The molecular formula is C13H19N3O2S. The Morgan fingerprint density at radius 2 is 2.21 bits per heavy atom. The van der Waals surface area contributed by atoms with Crippen LogP contribution in [0, 0.1) is 4.77 Å². The first-order chi connectivity index (χ1) is 9.33. The topological polar surface area (TPSA) is 52.1 Å². The minimum absolute atomic E-state index is 0.653. The molecule has 0 radical (unpaired) electrons. The number of pyridine rings is 1. The molecule has 0 bridgehead atoms. The molecule has 19 heavy (non-hydrogen) atoms. The Morgan fingerprint density at radius 1 is 1.32 bits per heavy atom. The third-order valence-electron chi connectivity index (χ3n) is 2.93. The van der Waals surface area contributed by atoms with Crippen molar-refractivity contribution < 1.29 is 9.47 Å². The van der Waals surface area contributed by atoms with Gasteiger partial charge in [0, 0.05) is 26.5 Å². The van der Waals surface area contributed by atoms with Crippen molar-refractivity contribution in [1.82, 2.24) is 14.5 Å². The fourth-order valence-corrected chi connectivity index (χ4v) is 2.25. The Balaban J connectivity index is 1.82. The Kier molecular flexibility index (Phi) is 5.50. The maximum absolute atomic E-state index is 5.43. The summed E-state index contributed by atoms with van der Waals surface area (Å²) >= 11 is 5.32. The molecule has 2 heterocycles. The number of H-pyrrole nitrogens is 1. The van der Waals surface area contributed by atoms with Crippen molar-refractivity contribution in [3.63, 3.8) is 0 Å². The van der Waals surface area contributed by atoms with Gasteiger partial charge in [-0.3, -0.25) is 4.98 Å². The largest absolute Gasteiger partial charge is 0.382 e. The molecule has 0 saturated carbocycles. The average Bonchev–Trinajstić information content (AvgIpc) is 2.74. The van der Waals surface area contributed by atoms with Gasteiger partial charge in [0.2, 0.25) is 0 Å². The predicted molar refractivity (Wildman–Crippen MR) is 76.8 cm³/mol. The van der Waals surface area contributed by atoms with Crippen molar-refractivity contribution in [2.45, 2.75) is 19.4 Å². The maximum Gasteiger partial charge on any atom is 0.178 e. The molecule has 0 fully saturated rings. The van der Waals surface area contributed by atoms with E-state index in [2.05, 4.69) is 14.5 Å². The third-order valence-corrected chi connectivity index (χ3v) is 3.25. The van der Waals surface area contributed by atoms with Crippen LogP contribution in [0.25, 0.3) is 11.0 Å². The van der Waals surface area contributed by atoms with Crippen LogP contribution in [0.4, 0.5) is 0 Å². The number of ether oxygens (including phenoxy) is 2. The van der Waals surface area contributed by atoms with Crippen LogP contribution in [0.2, 0.25) is 0 Å². The molecule has 0 saturated heterocycles. The highest BCUT2D eigenvalue weighted by Gasteiger charge is 2.03. The van der Waals surface area contributed by atoms with Crippen LogP contribution in [0.15, 0.2) is 18.5 Å². The molecule has 2 aromatic rings. The number of imidazole rings is 1. The van der Waals surface area contributed by atoms with Crippen LogP contribution >= 0.6 is 12.2 Å². The number of aromatic amines is 1. The van der Waals surface area contributed by atoms with Crippen LogP contribution < -0.4 is 0 Å². The van der Waals surface area contributed by atoms with Crippen molar-refractivity contribution in [2.75, 3.05) is 26.9 Å². The van der Waals surface area contributed by atoms with Crippen molar-refractivity contribution in [2.24, 2.45) is 0 Å². The first kappa shape index (κ1) is 14.2. The summed E-state index contributed by atoms with van der Waals surface area (Å²) in [5.41, 5.74) is 2.10. The zero-order valence-corrected chi connectivity index (χ0v) is 11.9. The van der Waals surface area contributed by atoms with Gasteiger partial charge in [-0.05, 0) is 31.1 Å². The van der Waals surface area contributed by atoms with Gasteiger partial charge in [0.1, 0.15) is 0 Å². The van der Waals surface area contributed by atoms with E-state index in [1.807, 2.05) is 6.07 Å². The standard InChI is InChI=1S/C13H19N3O2S/c1-17-8-9-18-7-3-2-6-16-12-4-5-14-10-11(12)15-13(16)19/h4-5,10H,2-3,6-9H2,1H3,(H,15,19). The number of unbranched alkanes of at least 4 members (excludes halogenated alkanes) is 1. The van der Waals surface area contributed by atoms with Gasteiger partial charge in [0.25, 0.3) is 0 Å². The summed E-state index contributed by atoms with van der Waals surface area (Å²) in [6, 6.07) is 1.98. The van der Waals surface area contributed by atoms with Crippen molar-refractivity contribution in [3.05, 3.63) is 23.2 Å². The number of nitrogens with zero attached hydrogens (tertiary/aromatic N) is 2. The summed E-state index contributed by atoms with van der Waals surface area (Å²) in [6.07, 6.45) is 5.64. The molecule has 104 valence electrons. The van der Waals surface area contributed by atoms with E-state index in [0.29, 0.717) is 13.2 Å². The van der Waals surface area contributed by atoms with Crippen molar-refractivity contribution in [3.8, 4) is 0 Å². The highest BCUT2D eigenvalue weighted by Crippen LogP contribution is 2.13. The minimum atomic E-state index is 0.653. The van der Waals surface area contributed by atoms with Gasteiger partial charge in [-0.15, -0.1) is 0 Å². The molecule has 0 aliphatic rings. The van der Waals surface area contributed by atoms with E-state index in [1.165, 1.54) is 0 Å². The third kappa shape index (κ3) is 3.86. The lowest BCUT2D eigenvalue weighted by molar-refractivity contribution is 0.0684. The highest BCUT2D eigenvalue weighted by atomic mass is 32.1. The summed E-state index contributed by atoms with van der Waals surface area (Å²) in [7, 11) is 1.68. The zero-order chi connectivity index (χ0) is 13.5. The van der Waals surface area contributed by atoms with Crippen molar-refractivity contribution >= 4 is 23.3 Å². The normalized spacial score (nSPS) is 11.2. The van der Waals surface area contributed by atoms with Gasteiger partial charge in [0.05, 0.1) is 30.4 Å². The lowest BCUT2D eigenvalue weighted by atomic mass is 10.3. The van der Waals surface area contributed by atoms with Crippen LogP contribution in [-0.4, -0.2) is 41.5 Å². The molecular weight excluding hydrogens is 262 g/mol. The summed E-state index contributed by atoms with van der Waals surface area (Å²) in [5.74, 6) is 0. The molecule has 0 spiro atoms. The van der Waals surface area contributed by atoms with Gasteiger partial charge in [0.15, 0.2) is 4.77 Å². The second kappa shape index (κ2) is 7.37. The number of rotatable bonds is 8. The van der Waals surface area contributed by atoms with E-state index < -0.39 is 0 Å². The molecule has 2 aromatic heterocycles. The molecule has 6 heteroatoms. The van der Waals surface area contributed by atoms with Crippen LogP contribution in [-0.2, 0) is 16.0 Å².